The summed E-state index contributed by atoms with van der Waals surface area (Å²) in [5.74, 6) is 0.373. The minimum absolute atomic E-state index is 0.330. The first-order valence-corrected chi connectivity index (χ1v) is 10.9. The van der Waals surface area contributed by atoms with Crippen molar-refractivity contribution >= 4 is 44.9 Å². The molecule has 6 nitrogen and oxygen atoms in total. The fourth-order valence-corrected chi connectivity index (χ4v) is 5.05. The first kappa shape index (κ1) is 20.1. The Kier molecular flexibility index (Phi) is 5.99. The largest absolute Gasteiger partial charge is 0.477 e. The summed E-state index contributed by atoms with van der Waals surface area (Å²) in [6.07, 6.45) is 3.71. The first-order chi connectivity index (χ1) is 14.0. The van der Waals surface area contributed by atoms with Gasteiger partial charge in [0.15, 0.2) is 0 Å². The lowest BCUT2D eigenvalue weighted by atomic mass is 9.96. The molecule has 2 N–H and O–H groups in total. The Labute approximate surface area is 178 Å². The SMILES string of the molecule is Cc1c(C(=O)O)sc2ncnc(NCC3CCN(Cc4ccccc4Cl)CC3)c12. The molecule has 0 spiro atoms. The maximum atomic E-state index is 11.4. The van der Waals surface area contributed by atoms with Crippen molar-refractivity contribution < 1.29 is 9.90 Å². The van der Waals surface area contributed by atoms with Crippen molar-refractivity contribution in [1.82, 2.24) is 14.9 Å². The Bertz CT molecular complexity index is 1030. The molecule has 2 aromatic heterocycles. The van der Waals surface area contributed by atoms with Gasteiger partial charge in [-0.1, -0.05) is 29.8 Å². The smallest absolute Gasteiger partial charge is 0.346 e. The molecular weight excluding hydrogens is 408 g/mol. The number of rotatable bonds is 6. The molecule has 0 aliphatic carbocycles. The van der Waals surface area contributed by atoms with E-state index in [-0.39, 0.29) is 0 Å². The van der Waals surface area contributed by atoms with E-state index < -0.39 is 5.97 Å². The van der Waals surface area contributed by atoms with Crippen molar-refractivity contribution in [3.8, 4) is 0 Å². The van der Waals surface area contributed by atoms with Gasteiger partial charge in [-0.2, -0.15) is 0 Å². The highest BCUT2D eigenvalue weighted by molar-refractivity contribution is 7.20. The Morgan fingerprint density at radius 3 is 2.79 bits per heavy atom. The molecule has 0 radical (unpaired) electrons. The van der Waals surface area contributed by atoms with E-state index in [0.717, 1.165) is 60.8 Å². The number of fused-ring (bicyclic) bond motifs is 1. The molecule has 1 aliphatic heterocycles. The fraction of sp³-hybridized carbons (Fsp3) is 0.381. The summed E-state index contributed by atoms with van der Waals surface area (Å²) >= 11 is 7.49. The quantitative estimate of drug-likeness (QED) is 0.591. The van der Waals surface area contributed by atoms with Crippen LogP contribution in [-0.4, -0.2) is 45.6 Å². The van der Waals surface area contributed by atoms with Gasteiger partial charge in [-0.3, -0.25) is 4.90 Å². The van der Waals surface area contributed by atoms with Crippen LogP contribution in [0.1, 0.15) is 33.6 Å². The first-order valence-electron chi connectivity index (χ1n) is 9.70. The normalized spacial score (nSPS) is 15.7. The number of aryl methyl sites for hydroxylation is 1. The number of benzene rings is 1. The molecule has 3 aromatic rings. The number of likely N-dealkylation sites (tertiary alicyclic amines) is 1. The third-order valence-electron chi connectivity index (χ3n) is 5.54. The summed E-state index contributed by atoms with van der Waals surface area (Å²) in [5.41, 5.74) is 1.91. The number of carboxylic acid groups (broad SMARTS) is 1. The Hall–Kier alpha value is -2.22. The lowest BCUT2D eigenvalue weighted by Gasteiger charge is -2.32. The number of halogens is 1. The van der Waals surface area contributed by atoms with Crippen LogP contribution in [0, 0.1) is 12.8 Å². The standard InChI is InChI=1S/C21H23ClN4O2S/c1-13-17-19(24-12-25-20(17)29-18(13)21(27)28)23-10-14-6-8-26(9-7-14)11-15-4-2-3-5-16(15)22/h2-5,12,14H,6-11H2,1H3,(H,27,28)(H,23,24,25). The number of aromatic carboxylic acids is 1. The second-order valence-electron chi connectivity index (χ2n) is 7.46. The molecule has 1 fully saturated rings. The molecule has 3 heterocycles. The zero-order valence-corrected chi connectivity index (χ0v) is 17.8. The van der Waals surface area contributed by atoms with Crippen molar-refractivity contribution in [2.75, 3.05) is 25.0 Å². The van der Waals surface area contributed by atoms with E-state index in [0.29, 0.717) is 15.6 Å². The third-order valence-corrected chi connectivity index (χ3v) is 7.09. The highest BCUT2D eigenvalue weighted by Gasteiger charge is 2.22. The van der Waals surface area contributed by atoms with Crippen molar-refractivity contribution in [2.45, 2.75) is 26.3 Å². The summed E-state index contributed by atoms with van der Waals surface area (Å²) in [5, 5.41) is 14.5. The molecule has 152 valence electrons. The average molecular weight is 431 g/mol. The number of anilines is 1. The molecule has 0 unspecified atom stereocenters. The zero-order chi connectivity index (χ0) is 20.4. The summed E-state index contributed by atoms with van der Waals surface area (Å²) < 4.78 is 0. The zero-order valence-electron chi connectivity index (χ0n) is 16.2. The Balaban J connectivity index is 1.36. The van der Waals surface area contributed by atoms with Gasteiger partial charge in [0.05, 0.1) is 5.39 Å². The fourth-order valence-electron chi connectivity index (χ4n) is 3.87. The number of aromatic nitrogens is 2. The van der Waals surface area contributed by atoms with Gasteiger partial charge in [-0.25, -0.2) is 14.8 Å². The average Bonchev–Trinajstić information content (AvgIpc) is 3.07. The lowest BCUT2D eigenvalue weighted by Crippen LogP contribution is -2.35. The summed E-state index contributed by atoms with van der Waals surface area (Å²) in [6, 6.07) is 8.02. The van der Waals surface area contributed by atoms with E-state index in [1.165, 1.54) is 23.2 Å². The maximum Gasteiger partial charge on any atom is 0.346 e. The topological polar surface area (TPSA) is 78.3 Å². The molecule has 0 atom stereocenters. The summed E-state index contributed by atoms with van der Waals surface area (Å²) in [6.45, 7) is 5.61. The van der Waals surface area contributed by atoms with Crippen LogP contribution < -0.4 is 5.32 Å². The molecule has 4 rings (SSSR count). The number of piperidine rings is 1. The second kappa shape index (κ2) is 8.65. The van der Waals surface area contributed by atoms with Gasteiger partial charge in [0.2, 0.25) is 0 Å². The highest BCUT2D eigenvalue weighted by atomic mass is 35.5. The maximum absolute atomic E-state index is 11.4. The van der Waals surface area contributed by atoms with Crippen LogP contribution >= 0.6 is 22.9 Å². The minimum Gasteiger partial charge on any atom is -0.477 e. The number of thiophene rings is 1. The summed E-state index contributed by atoms with van der Waals surface area (Å²) in [4.78, 5) is 23.5. The Morgan fingerprint density at radius 2 is 2.07 bits per heavy atom. The van der Waals surface area contributed by atoms with Crippen LogP contribution in [0.2, 0.25) is 5.02 Å². The van der Waals surface area contributed by atoms with Crippen LogP contribution in [0.3, 0.4) is 0 Å². The van der Waals surface area contributed by atoms with E-state index in [1.807, 2.05) is 25.1 Å². The number of carboxylic acids is 1. The van der Waals surface area contributed by atoms with E-state index >= 15 is 0 Å². The molecule has 0 amide bonds. The van der Waals surface area contributed by atoms with E-state index in [1.54, 1.807) is 0 Å². The molecular formula is C21H23ClN4O2S. The van der Waals surface area contributed by atoms with Gasteiger partial charge < -0.3 is 10.4 Å². The predicted molar refractivity (Wildman–Crippen MR) is 117 cm³/mol. The second-order valence-corrected chi connectivity index (χ2v) is 8.86. The van der Waals surface area contributed by atoms with Crippen LogP contribution in [-0.2, 0) is 6.54 Å². The van der Waals surface area contributed by atoms with Crippen LogP contribution in [0.15, 0.2) is 30.6 Å². The van der Waals surface area contributed by atoms with Crippen molar-refractivity contribution in [2.24, 2.45) is 5.92 Å². The molecule has 29 heavy (non-hydrogen) atoms. The van der Waals surface area contributed by atoms with Crippen molar-refractivity contribution in [3.05, 3.63) is 51.6 Å². The molecule has 1 aromatic carbocycles. The van der Waals surface area contributed by atoms with Gasteiger partial charge in [0.1, 0.15) is 21.9 Å². The summed E-state index contributed by atoms with van der Waals surface area (Å²) in [7, 11) is 0. The van der Waals surface area contributed by atoms with E-state index in [4.69, 9.17) is 11.6 Å². The molecule has 8 heteroatoms. The highest BCUT2D eigenvalue weighted by Crippen LogP contribution is 2.33. The molecule has 0 bridgehead atoms. The molecule has 1 aliphatic rings. The van der Waals surface area contributed by atoms with Crippen molar-refractivity contribution in [3.63, 3.8) is 0 Å². The lowest BCUT2D eigenvalue weighted by molar-refractivity contribution is 0.0701. The molecule has 1 saturated heterocycles. The van der Waals surface area contributed by atoms with E-state index in [9.17, 15) is 9.90 Å². The monoisotopic (exact) mass is 430 g/mol. The Morgan fingerprint density at radius 1 is 1.31 bits per heavy atom. The van der Waals surface area contributed by atoms with Crippen molar-refractivity contribution in [1.29, 1.82) is 0 Å². The van der Waals surface area contributed by atoms with Gasteiger partial charge in [0, 0.05) is 18.1 Å². The number of carbonyl (C=O) groups is 1. The van der Waals surface area contributed by atoms with Gasteiger partial charge in [0.25, 0.3) is 0 Å². The molecule has 0 saturated carbocycles. The number of nitrogens with one attached hydrogen (secondary N) is 1. The number of hydrogen-bond acceptors (Lipinski definition) is 6. The van der Waals surface area contributed by atoms with Gasteiger partial charge in [-0.15, -0.1) is 11.3 Å². The van der Waals surface area contributed by atoms with Crippen LogP contribution in [0.5, 0.6) is 0 Å². The van der Waals surface area contributed by atoms with Gasteiger partial charge in [-0.05, 0) is 56.0 Å². The van der Waals surface area contributed by atoms with Crippen LogP contribution in [0.4, 0.5) is 5.82 Å². The van der Waals surface area contributed by atoms with Crippen LogP contribution in [0.25, 0.3) is 10.2 Å². The van der Waals surface area contributed by atoms with Gasteiger partial charge >= 0.3 is 5.97 Å². The van der Waals surface area contributed by atoms with E-state index in [2.05, 4.69) is 26.3 Å². The minimum atomic E-state index is -0.914. The number of nitrogens with zero attached hydrogens (tertiary/aromatic N) is 3. The predicted octanol–water partition coefficient (Wildman–Crippen LogP) is 4.68. The third kappa shape index (κ3) is 4.37. The number of hydrogen-bond donors (Lipinski definition) is 2.